The molecule has 1 aliphatic rings. The highest BCUT2D eigenvalue weighted by Gasteiger charge is 2.30. The molecule has 0 spiro atoms. The van der Waals surface area contributed by atoms with E-state index in [2.05, 4.69) is 20.8 Å². The Balaban J connectivity index is 1.76. The third-order valence-corrected chi connectivity index (χ3v) is 4.18. The molecule has 9 nitrogen and oxygen atoms in total. The maximum atomic E-state index is 14.2. The highest BCUT2D eigenvalue weighted by Crippen LogP contribution is 2.39. The van der Waals surface area contributed by atoms with Gasteiger partial charge in [-0.25, -0.2) is 9.18 Å². The molecule has 1 atom stereocenters. The van der Waals surface area contributed by atoms with Crippen LogP contribution in [0, 0.1) is 11.7 Å². The number of nitrogens with zero attached hydrogens (tertiary/aromatic N) is 5. The molecule has 26 heavy (non-hydrogen) atoms. The van der Waals surface area contributed by atoms with E-state index in [1.165, 1.54) is 41.8 Å². The molecule has 1 aromatic carbocycles. The van der Waals surface area contributed by atoms with Crippen LogP contribution >= 0.6 is 0 Å². The second-order valence-electron chi connectivity index (χ2n) is 6.44. The molecule has 3 rings (SSSR count). The van der Waals surface area contributed by atoms with Gasteiger partial charge in [0.15, 0.2) is 5.82 Å². The number of carboxylic acids is 1. The average molecular weight is 362 g/mol. The number of carbonyl (C=O) groups excluding carboxylic acids is 1. The minimum Gasteiger partial charge on any atom is -0.481 e. The summed E-state index contributed by atoms with van der Waals surface area (Å²) >= 11 is 0. The number of carbonyl (C=O) groups is 2. The molecular weight excluding hydrogens is 343 g/mol. The van der Waals surface area contributed by atoms with Crippen molar-refractivity contribution in [3.63, 3.8) is 0 Å². The maximum absolute atomic E-state index is 14.2. The summed E-state index contributed by atoms with van der Waals surface area (Å²) in [4.78, 5) is 24.4. The summed E-state index contributed by atoms with van der Waals surface area (Å²) in [6.45, 7) is 1.56. The van der Waals surface area contributed by atoms with Crippen molar-refractivity contribution in [2.45, 2.75) is 25.7 Å². The van der Waals surface area contributed by atoms with Gasteiger partial charge < -0.3 is 15.3 Å². The number of urea groups is 1. The first kappa shape index (κ1) is 17.8. The van der Waals surface area contributed by atoms with Crippen molar-refractivity contribution in [3.8, 4) is 5.69 Å². The standard InChI is InChI=1S/C16H19FN6O3/c1-9(15(24)25)8-22(2)16(26)18-11-5-6-12(17)13(7-11)23-14(10-3-4-10)19-20-21-23/h5-7,9-10H,3-4,8H2,1-2H3,(H,18,26)(H,24,25). The Morgan fingerprint density at radius 2 is 2.19 bits per heavy atom. The van der Waals surface area contributed by atoms with Gasteiger partial charge in [-0.1, -0.05) is 6.92 Å². The molecule has 10 heteroatoms. The fourth-order valence-corrected chi connectivity index (χ4v) is 2.51. The SMILES string of the molecule is CC(CN(C)C(=O)Nc1ccc(F)c(-n2nnnc2C2CC2)c1)C(=O)O. The van der Waals surface area contributed by atoms with Gasteiger partial charge in [0.2, 0.25) is 0 Å². The fourth-order valence-electron chi connectivity index (χ4n) is 2.51. The van der Waals surface area contributed by atoms with Crippen LogP contribution in [-0.4, -0.2) is 55.8 Å². The first-order chi connectivity index (χ1) is 12.4. The molecule has 1 fully saturated rings. The predicted molar refractivity (Wildman–Crippen MR) is 89.5 cm³/mol. The Labute approximate surface area is 148 Å². The lowest BCUT2D eigenvalue weighted by atomic mass is 10.2. The number of hydrogen-bond acceptors (Lipinski definition) is 5. The summed E-state index contributed by atoms with van der Waals surface area (Å²) in [6.07, 6.45) is 1.93. The minimum atomic E-state index is -0.986. The molecular formula is C16H19FN6O3. The lowest BCUT2D eigenvalue weighted by molar-refractivity contribution is -0.141. The van der Waals surface area contributed by atoms with E-state index in [1.54, 1.807) is 0 Å². The summed E-state index contributed by atoms with van der Waals surface area (Å²) in [7, 11) is 1.49. The van der Waals surface area contributed by atoms with Crippen LogP contribution in [0.25, 0.3) is 5.69 Å². The van der Waals surface area contributed by atoms with Gasteiger partial charge in [0.05, 0.1) is 5.92 Å². The highest BCUT2D eigenvalue weighted by molar-refractivity contribution is 5.89. The predicted octanol–water partition coefficient (Wildman–Crippen LogP) is 1.86. The van der Waals surface area contributed by atoms with E-state index in [9.17, 15) is 14.0 Å². The molecule has 2 N–H and O–H groups in total. The van der Waals surface area contributed by atoms with E-state index < -0.39 is 23.7 Å². The van der Waals surface area contributed by atoms with Gasteiger partial charge in [0.1, 0.15) is 11.5 Å². The Morgan fingerprint density at radius 3 is 2.85 bits per heavy atom. The maximum Gasteiger partial charge on any atom is 0.321 e. The molecule has 1 unspecified atom stereocenters. The third kappa shape index (κ3) is 3.79. The van der Waals surface area contributed by atoms with Crippen LogP contribution in [0.2, 0.25) is 0 Å². The molecule has 0 radical (unpaired) electrons. The van der Waals surface area contributed by atoms with E-state index in [4.69, 9.17) is 5.11 Å². The van der Waals surface area contributed by atoms with Crippen molar-refractivity contribution in [2.75, 3.05) is 18.9 Å². The summed E-state index contributed by atoms with van der Waals surface area (Å²) in [5.74, 6) is -1.37. The number of rotatable bonds is 6. The van der Waals surface area contributed by atoms with E-state index in [0.717, 1.165) is 12.8 Å². The van der Waals surface area contributed by atoms with Crippen LogP contribution in [0.5, 0.6) is 0 Å². The number of nitrogens with one attached hydrogen (secondary N) is 1. The molecule has 0 bridgehead atoms. The lowest BCUT2D eigenvalue weighted by Gasteiger charge is -2.20. The number of aromatic nitrogens is 4. The van der Waals surface area contributed by atoms with Crippen LogP contribution in [0.3, 0.4) is 0 Å². The molecule has 1 heterocycles. The summed E-state index contributed by atoms with van der Waals surface area (Å²) in [5, 5.41) is 23.0. The normalized spacial score (nSPS) is 14.7. The van der Waals surface area contributed by atoms with Gasteiger partial charge in [0.25, 0.3) is 0 Å². The minimum absolute atomic E-state index is 0.0496. The van der Waals surface area contributed by atoms with Crippen LogP contribution in [0.4, 0.5) is 14.9 Å². The van der Waals surface area contributed by atoms with Crippen LogP contribution in [-0.2, 0) is 4.79 Å². The number of benzene rings is 1. The molecule has 1 saturated carbocycles. The zero-order valence-corrected chi connectivity index (χ0v) is 14.4. The molecule has 2 amide bonds. The van der Waals surface area contributed by atoms with Crippen molar-refractivity contribution < 1.29 is 19.1 Å². The van der Waals surface area contributed by atoms with E-state index in [1.807, 2.05) is 0 Å². The first-order valence-corrected chi connectivity index (χ1v) is 8.20. The molecule has 138 valence electrons. The van der Waals surface area contributed by atoms with Crippen LogP contribution in [0.15, 0.2) is 18.2 Å². The molecule has 0 aliphatic heterocycles. The first-order valence-electron chi connectivity index (χ1n) is 8.20. The smallest absolute Gasteiger partial charge is 0.321 e. The second kappa shape index (κ2) is 7.06. The average Bonchev–Trinajstić information content (AvgIpc) is 3.33. The number of amides is 2. The molecule has 1 aromatic heterocycles. The van der Waals surface area contributed by atoms with Crippen LogP contribution < -0.4 is 5.32 Å². The van der Waals surface area contributed by atoms with Crippen molar-refractivity contribution in [2.24, 2.45) is 5.92 Å². The van der Waals surface area contributed by atoms with E-state index >= 15 is 0 Å². The largest absolute Gasteiger partial charge is 0.481 e. The Morgan fingerprint density at radius 1 is 1.46 bits per heavy atom. The number of aliphatic carboxylic acids is 1. The zero-order valence-electron chi connectivity index (χ0n) is 14.4. The van der Waals surface area contributed by atoms with Crippen LogP contribution in [0.1, 0.15) is 31.5 Å². The van der Waals surface area contributed by atoms with Gasteiger partial charge >= 0.3 is 12.0 Å². The lowest BCUT2D eigenvalue weighted by Crippen LogP contribution is -2.36. The number of hydrogen-bond donors (Lipinski definition) is 2. The van der Waals surface area contributed by atoms with Crippen molar-refractivity contribution in [1.29, 1.82) is 0 Å². The summed E-state index contributed by atoms with van der Waals surface area (Å²) in [5.41, 5.74) is 0.509. The quantitative estimate of drug-likeness (QED) is 0.811. The highest BCUT2D eigenvalue weighted by atomic mass is 19.1. The van der Waals surface area contributed by atoms with Crippen molar-refractivity contribution >= 4 is 17.7 Å². The van der Waals surface area contributed by atoms with Gasteiger partial charge in [-0.15, -0.1) is 5.10 Å². The topological polar surface area (TPSA) is 113 Å². The van der Waals surface area contributed by atoms with Crippen molar-refractivity contribution in [1.82, 2.24) is 25.1 Å². The van der Waals surface area contributed by atoms with Gasteiger partial charge in [-0.05, 0) is 41.5 Å². The molecule has 1 aliphatic carbocycles. The molecule has 0 saturated heterocycles. The number of carboxylic acid groups (broad SMARTS) is 1. The molecule has 2 aromatic rings. The van der Waals surface area contributed by atoms with Gasteiger partial charge in [0, 0.05) is 25.2 Å². The van der Waals surface area contributed by atoms with Crippen molar-refractivity contribution in [3.05, 3.63) is 29.8 Å². The number of halogens is 1. The van der Waals surface area contributed by atoms with E-state index in [-0.39, 0.29) is 18.2 Å². The van der Waals surface area contributed by atoms with E-state index in [0.29, 0.717) is 11.5 Å². The van der Waals surface area contributed by atoms with Gasteiger partial charge in [-0.3, -0.25) is 4.79 Å². The second-order valence-corrected chi connectivity index (χ2v) is 6.44. The third-order valence-electron chi connectivity index (χ3n) is 4.18. The van der Waals surface area contributed by atoms with Gasteiger partial charge in [-0.2, -0.15) is 4.68 Å². The Kier molecular flexibility index (Phi) is 4.83. The Hall–Kier alpha value is -3.04. The number of anilines is 1. The Bertz CT molecular complexity index is 835. The zero-order chi connectivity index (χ0) is 18.8. The fraction of sp³-hybridized carbons (Fsp3) is 0.438. The summed E-state index contributed by atoms with van der Waals surface area (Å²) < 4.78 is 15.6. The number of tetrazole rings is 1. The summed E-state index contributed by atoms with van der Waals surface area (Å²) in [6, 6.07) is 3.61. The monoisotopic (exact) mass is 362 g/mol.